The molecule has 1 aliphatic rings. The van der Waals surface area contributed by atoms with Gasteiger partial charge in [-0.05, 0) is 11.4 Å². The van der Waals surface area contributed by atoms with Gasteiger partial charge in [0.15, 0.2) is 5.76 Å². The van der Waals surface area contributed by atoms with E-state index in [4.69, 9.17) is 4.74 Å². The number of aromatic hydroxyl groups is 2. The zero-order valence-corrected chi connectivity index (χ0v) is 9.90. The first kappa shape index (κ1) is 10.9. The molecule has 4 nitrogen and oxygen atoms in total. The van der Waals surface area contributed by atoms with Crippen molar-refractivity contribution in [2.45, 2.75) is 0 Å². The van der Waals surface area contributed by atoms with Crippen molar-refractivity contribution in [2.75, 3.05) is 0 Å². The third-order valence-electron chi connectivity index (χ3n) is 2.55. The molecule has 5 heteroatoms. The number of thiophene rings is 1. The summed E-state index contributed by atoms with van der Waals surface area (Å²) < 4.78 is 5.35. The Balaban J connectivity index is 2.07. The van der Waals surface area contributed by atoms with E-state index in [2.05, 4.69) is 0 Å². The number of allylic oxidation sites excluding steroid dienone is 1. The van der Waals surface area contributed by atoms with Gasteiger partial charge in [0.2, 0.25) is 5.78 Å². The van der Waals surface area contributed by atoms with Gasteiger partial charge >= 0.3 is 0 Å². The normalized spacial score (nSPS) is 15.8. The van der Waals surface area contributed by atoms with Crippen LogP contribution in [-0.4, -0.2) is 16.0 Å². The number of phenols is 2. The van der Waals surface area contributed by atoms with Gasteiger partial charge < -0.3 is 14.9 Å². The Bertz CT molecular complexity index is 656. The largest absolute Gasteiger partial charge is 0.508 e. The summed E-state index contributed by atoms with van der Waals surface area (Å²) in [4.78, 5) is 12.9. The number of hydrogen-bond donors (Lipinski definition) is 2. The van der Waals surface area contributed by atoms with Gasteiger partial charge in [-0.2, -0.15) is 0 Å². The Morgan fingerprint density at radius 3 is 2.83 bits per heavy atom. The number of Topliss-reactive ketones (excluding diaryl/α,β-unsaturated/α-hetero) is 1. The molecule has 0 atom stereocenters. The van der Waals surface area contributed by atoms with Gasteiger partial charge in [0.25, 0.3) is 0 Å². The maximum atomic E-state index is 12.0. The number of carbonyl (C=O) groups is 1. The molecule has 0 unspecified atom stereocenters. The Morgan fingerprint density at radius 2 is 2.11 bits per heavy atom. The van der Waals surface area contributed by atoms with Crippen LogP contribution in [0.3, 0.4) is 0 Å². The van der Waals surface area contributed by atoms with Crippen LogP contribution in [-0.2, 0) is 0 Å². The average molecular weight is 260 g/mol. The van der Waals surface area contributed by atoms with Crippen LogP contribution in [0.25, 0.3) is 6.08 Å². The van der Waals surface area contributed by atoms with Crippen LogP contribution < -0.4 is 4.74 Å². The van der Waals surface area contributed by atoms with Gasteiger partial charge in [-0.3, -0.25) is 4.79 Å². The van der Waals surface area contributed by atoms with Crippen molar-refractivity contribution < 1.29 is 19.7 Å². The molecule has 90 valence electrons. The second-order valence-corrected chi connectivity index (χ2v) is 4.77. The Hall–Kier alpha value is -2.27. The molecule has 0 spiro atoms. The summed E-state index contributed by atoms with van der Waals surface area (Å²) in [6.45, 7) is 0. The first-order valence-corrected chi connectivity index (χ1v) is 6.07. The van der Waals surface area contributed by atoms with E-state index in [1.54, 1.807) is 6.08 Å². The van der Waals surface area contributed by atoms with Crippen molar-refractivity contribution in [3.63, 3.8) is 0 Å². The van der Waals surface area contributed by atoms with Gasteiger partial charge in [-0.15, -0.1) is 11.3 Å². The number of rotatable bonds is 1. The molecule has 3 rings (SSSR count). The number of carbonyl (C=O) groups excluding carboxylic acids is 1. The summed E-state index contributed by atoms with van der Waals surface area (Å²) in [7, 11) is 0. The van der Waals surface area contributed by atoms with Gasteiger partial charge in [-0.1, -0.05) is 6.07 Å². The predicted molar refractivity (Wildman–Crippen MR) is 67.0 cm³/mol. The smallest absolute Gasteiger partial charge is 0.235 e. The minimum atomic E-state index is -0.379. The molecule has 18 heavy (non-hydrogen) atoms. The number of benzene rings is 1. The van der Waals surface area contributed by atoms with E-state index in [1.807, 2.05) is 17.5 Å². The van der Waals surface area contributed by atoms with Crippen molar-refractivity contribution in [3.05, 3.63) is 45.8 Å². The van der Waals surface area contributed by atoms with Crippen LogP contribution in [0.5, 0.6) is 17.2 Å². The molecular weight excluding hydrogens is 252 g/mol. The first-order chi connectivity index (χ1) is 8.65. The fourth-order valence-corrected chi connectivity index (χ4v) is 2.43. The molecule has 0 saturated heterocycles. The van der Waals surface area contributed by atoms with Crippen LogP contribution in [0, 0.1) is 0 Å². The number of phenolic OH excluding ortho intramolecular Hbond substituents is 2. The molecule has 2 heterocycles. The van der Waals surface area contributed by atoms with Crippen LogP contribution in [0.4, 0.5) is 0 Å². The zero-order valence-electron chi connectivity index (χ0n) is 9.08. The molecule has 0 aliphatic carbocycles. The first-order valence-electron chi connectivity index (χ1n) is 5.19. The van der Waals surface area contributed by atoms with Gasteiger partial charge in [0, 0.05) is 23.1 Å². The van der Waals surface area contributed by atoms with E-state index in [0.717, 1.165) is 10.9 Å². The average Bonchev–Trinajstić information content (AvgIpc) is 2.88. The maximum absolute atomic E-state index is 12.0. The predicted octanol–water partition coefficient (Wildman–Crippen LogP) is 2.78. The minimum absolute atomic E-state index is 0.0932. The molecule has 0 amide bonds. The number of ketones is 1. The SMILES string of the molecule is O=C1C(=Cc2cccs2)Oc2cc(O)cc(O)c21. The fourth-order valence-electron chi connectivity index (χ4n) is 1.78. The highest BCUT2D eigenvalue weighted by atomic mass is 32.1. The zero-order chi connectivity index (χ0) is 12.7. The number of fused-ring (bicyclic) bond motifs is 1. The van der Waals surface area contributed by atoms with Crippen LogP contribution in [0.2, 0.25) is 0 Å². The minimum Gasteiger partial charge on any atom is -0.508 e. The maximum Gasteiger partial charge on any atom is 0.235 e. The van der Waals surface area contributed by atoms with E-state index < -0.39 is 0 Å². The highest BCUT2D eigenvalue weighted by Crippen LogP contribution is 2.40. The highest BCUT2D eigenvalue weighted by Gasteiger charge is 2.31. The number of ether oxygens (including phenoxy) is 1. The molecular formula is C13H8O4S. The molecule has 1 aromatic carbocycles. The van der Waals surface area contributed by atoms with Gasteiger partial charge in [0.1, 0.15) is 22.8 Å². The quantitative estimate of drug-likeness (QED) is 0.774. The van der Waals surface area contributed by atoms with E-state index >= 15 is 0 Å². The van der Waals surface area contributed by atoms with E-state index in [1.165, 1.54) is 17.4 Å². The lowest BCUT2D eigenvalue weighted by Crippen LogP contribution is -1.97. The van der Waals surface area contributed by atoms with E-state index in [9.17, 15) is 15.0 Å². The lowest BCUT2D eigenvalue weighted by Gasteiger charge is -1.99. The standard InChI is InChI=1S/C13H8O4S/c14-7-4-9(15)12-10(5-7)17-11(13(12)16)6-8-2-1-3-18-8/h1-6,14-15H. The monoisotopic (exact) mass is 260 g/mol. The molecule has 0 saturated carbocycles. The molecule has 0 fully saturated rings. The van der Waals surface area contributed by atoms with Crippen molar-refractivity contribution in [2.24, 2.45) is 0 Å². The van der Waals surface area contributed by atoms with Crippen molar-refractivity contribution in [3.8, 4) is 17.2 Å². The second-order valence-electron chi connectivity index (χ2n) is 3.79. The van der Waals surface area contributed by atoms with Gasteiger partial charge in [-0.25, -0.2) is 0 Å². The molecule has 1 aromatic heterocycles. The molecule has 0 bridgehead atoms. The molecule has 0 radical (unpaired) electrons. The Labute approximate surface area is 106 Å². The summed E-state index contributed by atoms with van der Waals surface area (Å²) in [6, 6.07) is 6.15. The Morgan fingerprint density at radius 1 is 1.28 bits per heavy atom. The Kier molecular flexibility index (Phi) is 2.34. The summed E-state index contributed by atoms with van der Waals surface area (Å²) >= 11 is 1.48. The fraction of sp³-hybridized carbons (Fsp3) is 0. The van der Waals surface area contributed by atoms with Crippen molar-refractivity contribution in [1.29, 1.82) is 0 Å². The third-order valence-corrected chi connectivity index (χ3v) is 3.37. The van der Waals surface area contributed by atoms with Gasteiger partial charge in [0.05, 0.1) is 0 Å². The summed E-state index contributed by atoms with van der Waals surface area (Å²) in [5, 5.41) is 20.9. The van der Waals surface area contributed by atoms with Crippen molar-refractivity contribution >= 4 is 23.2 Å². The summed E-state index contributed by atoms with van der Waals surface area (Å²) in [6.07, 6.45) is 1.61. The van der Waals surface area contributed by atoms with E-state index in [-0.39, 0.29) is 34.4 Å². The third kappa shape index (κ3) is 1.65. The summed E-state index contributed by atoms with van der Waals surface area (Å²) in [5.41, 5.74) is 0.0932. The highest BCUT2D eigenvalue weighted by molar-refractivity contribution is 7.10. The van der Waals surface area contributed by atoms with E-state index in [0.29, 0.717) is 0 Å². The second kappa shape index (κ2) is 3.89. The molecule has 2 aromatic rings. The summed E-state index contributed by atoms with van der Waals surface area (Å²) in [5.74, 6) is -0.467. The molecule has 2 N–H and O–H groups in total. The van der Waals surface area contributed by atoms with Crippen LogP contribution in [0.1, 0.15) is 15.2 Å². The molecule has 1 aliphatic heterocycles. The van der Waals surface area contributed by atoms with Crippen molar-refractivity contribution in [1.82, 2.24) is 0 Å². The number of hydrogen-bond acceptors (Lipinski definition) is 5. The topological polar surface area (TPSA) is 66.8 Å². The van der Waals surface area contributed by atoms with Crippen LogP contribution in [0.15, 0.2) is 35.4 Å². The lowest BCUT2D eigenvalue weighted by atomic mass is 10.1. The van der Waals surface area contributed by atoms with Crippen LogP contribution >= 0.6 is 11.3 Å². The lowest BCUT2D eigenvalue weighted by molar-refractivity contribution is 0.101.